The molecular formula is C23H25N3O4S. The molecular weight excluding hydrogens is 414 g/mol. The van der Waals surface area contributed by atoms with Gasteiger partial charge in [-0.2, -0.15) is 0 Å². The van der Waals surface area contributed by atoms with Crippen LogP contribution < -0.4 is 14.8 Å². The Morgan fingerprint density at radius 1 is 1.06 bits per heavy atom. The molecule has 162 valence electrons. The average molecular weight is 440 g/mol. The number of aryl methyl sites for hydroxylation is 2. The van der Waals surface area contributed by atoms with Crippen molar-refractivity contribution in [1.82, 2.24) is 4.98 Å². The molecule has 0 saturated carbocycles. The fourth-order valence-electron chi connectivity index (χ4n) is 2.89. The highest BCUT2D eigenvalue weighted by Crippen LogP contribution is 2.22. The lowest BCUT2D eigenvalue weighted by Crippen LogP contribution is -2.32. The van der Waals surface area contributed by atoms with E-state index in [4.69, 9.17) is 4.74 Å². The molecule has 0 bridgehead atoms. The van der Waals surface area contributed by atoms with E-state index in [1.165, 1.54) is 18.3 Å². The molecule has 0 aliphatic carbocycles. The molecule has 1 aromatic heterocycles. The Hall–Kier alpha value is -3.39. The molecule has 7 nitrogen and oxygen atoms in total. The van der Waals surface area contributed by atoms with Crippen molar-refractivity contribution in [3.8, 4) is 5.75 Å². The van der Waals surface area contributed by atoms with Gasteiger partial charge < -0.3 is 10.1 Å². The standard InChI is InChI=1S/C23H25N3O4S/c1-4-21(30-22-14-16(2)7-8-17(22)3)23(27)25-18-9-11-20(12-10-18)31(28,29)26-19-6-5-13-24-15-19/h5-15,21,26H,4H2,1-3H3,(H,25,27)/t21-/m0/s1. The Morgan fingerprint density at radius 2 is 1.81 bits per heavy atom. The number of benzene rings is 2. The maximum atomic E-state index is 12.7. The molecule has 8 heteroatoms. The van der Waals surface area contributed by atoms with E-state index in [1.807, 2.05) is 39.0 Å². The molecule has 3 rings (SSSR count). The Kier molecular flexibility index (Phi) is 6.91. The normalized spacial score (nSPS) is 12.1. The summed E-state index contributed by atoms with van der Waals surface area (Å²) in [4.78, 5) is 16.7. The summed E-state index contributed by atoms with van der Waals surface area (Å²) in [5.41, 5.74) is 2.85. The number of pyridine rings is 1. The zero-order valence-corrected chi connectivity index (χ0v) is 18.4. The van der Waals surface area contributed by atoms with Gasteiger partial charge in [0.05, 0.1) is 16.8 Å². The number of nitrogens with zero attached hydrogens (tertiary/aromatic N) is 1. The Labute approximate surface area is 182 Å². The van der Waals surface area contributed by atoms with Crippen molar-refractivity contribution in [3.05, 3.63) is 78.1 Å². The molecule has 1 heterocycles. The zero-order valence-electron chi connectivity index (χ0n) is 17.6. The summed E-state index contributed by atoms with van der Waals surface area (Å²) >= 11 is 0. The first-order valence-corrected chi connectivity index (χ1v) is 11.3. The quantitative estimate of drug-likeness (QED) is 0.546. The first-order chi connectivity index (χ1) is 14.8. The van der Waals surface area contributed by atoms with Crippen molar-refractivity contribution in [3.63, 3.8) is 0 Å². The molecule has 0 saturated heterocycles. The van der Waals surface area contributed by atoms with Gasteiger partial charge in [-0.1, -0.05) is 19.1 Å². The maximum absolute atomic E-state index is 12.7. The number of sulfonamides is 1. The molecule has 0 aliphatic heterocycles. The number of ether oxygens (including phenoxy) is 1. The number of hydrogen-bond acceptors (Lipinski definition) is 5. The third kappa shape index (κ3) is 5.82. The lowest BCUT2D eigenvalue weighted by atomic mass is 10.1. The predicted octanol–water partition coefficient (Wildman–Crippen LogP) is 4.30. The SMILES string of the molecule is CC[C@H](Oc1cc(C)ccc1C)C(=O)Nc1ccc(S(=O)(=O)Nc2cccnc2)cc1. The van der Waals surface area contributed by atoms with E-state index in [-0.39, 0.29) is 10.8 Å². The molecule has 1 amide bonds. The molecule has 0 unspecified atom stereocenters. The summed E-state index contributed by atoms with van der Waals surface area (Å²) < 4.78 is 33.4. The fourth-order valence-corrected chi connectivity index (χ4v) is 3.93. The average Bonchev–Trinajstić information content (AvgIpc) is 2.75. The summed E-state index contributed by atoms with van der Waals surface area (Å²) in [5.74, 6) is 0.373. The van der Waals surface area contributed by atoms with Gasteiger partial charge in [-0.15, -0.1) is 0 Å². The van der Waals surface area contributed by atoms with Crippen LogP contribution in [0.15, 0.2) is 71.9 Å². The predicted molar refractivity (Wildman–Crippen MR) is 121 cm³/mol. The van der Waals surface area contributed by atoms with Gasteiger partial charge in [-0.05, 0) is 73.9 Å². The summed E-state index contributed by atoms with van der Waals surface area (Å²) in [6.45, 7) is 5.76. The number of hydrogen-bond donors (Lipinski definition) is 2. The molecule has 0 spiro atoms. The van der Waals surface area contributed by atoms with Gasteiger partial charge in [0.15, 0.2) is 6.10 Å². The molecule has 3 aromatic rings. The van der Waals surface area contributed by atoms with E-state index in [2.05, 4.69) is 15.0 Å². The second-order valence-corrected chi connectivity index (χ2v) is 8.83. The van der Waals surface area contributed by atoms with E-state index in [1.54, 1.807) is 30.5 Å². The largest absolute Gasteiger partial charge is 0.480 e. The van der Waals surface area contributed by atoms with Crippen molar-refractivity contribution in [1.29, 1.82) is 0 Å². The number of nitrogens with one attached hydrogen (secondary N) is 2. The lowest BCUT2D eigenvalue weighted by Gasteiger charge is -2.19. The molecule has 1 atom stereocenters. The van der Waals surface area contributed by atoms with E-state index in [0.717, 1.165) is 11.1 Å². The van der Waals surface area contributed by atoms with Crippen LogP contribution in [0.25, 0.3) is 0 Å². The number of amides is 1. The molecule has 0 aliphatic rings. The van der Waals surface area contributed by atoms with Gasteiger partial charge in [-0.3, -0.25) is 14.5 Å². The van der Waals surface area contributed by atoms with E-state index >= 15 is 0 Å². The van der Waals surface area contributed by atoms with Gasteiger partial charge >= 0.3 is 0 Å². The van der Waals surface area contributed by atoms with Crippen molar-refractivity contribution < 1.29 is 17.9 Å². The van der Waals surface area contributed by atoms with E-state index in [9.17, 15) is 13.2 Å². The Bertz CT molecular complexity index is 1150. The minimum absolute atomic E-state index is 0.0769. The second-order valence-electron chi connectivity index (χ2n) is 7.14. The van der Waals surface area contributed by atoms with Gasteiger partial charge in [-0.25, -0.2) is 8.42 Å². The smallest absolute Gasteiger partial charge is 0.265 e. The van der Waals surface area contributed by atoms with Crippen LogP contribution in [-0.4, -0.2) is 25.4 Å². The topological polar surface area (TPSA) is 97.4 Å². The molecule has 0 fully saturated rings. The van der Waals surface area contributed by atoms with Crippen LogP contribution >= 0.6 is 0 Å². The summed E-state index contributed by atoms with van der Waals surface area (Å²) in [5, 5.41) is 2.79. The highest BCUT2D eigenvalue weighted by Gasteiger charge is 2.20. The van der Waals surface area contributed by atoms with E-state index < -0.39 is 16.1 Å². The minimum Gasteiger partial charge on any atom is -0.480 e. The van der Waals surface area contributed by atoms with Gasteiger partial charge in [0, 0.05) is 11.9 Å². The highest BCUT2D eigenvalue weighted by molar-refractivity contribution is 7.92. The van der Waals surface area contributed by atoms with Crippen LogP contribution in [0.1, 0.15) is 24.5 Å². The van der Waals surface area contributed by atoms with Crippen LogP contribution in [0.5, 0.6) is 5.75 Å². The third-order valence-electron chi connectivity index (χ3n) is 4.62. The van der Waals surface area contributed by atoms with Crippen LogP contribution in [0.4, 0.5) is 11.4 Å². The van der Waals surface area contributed by atoms with Gasteiger partial charge in [0.2, 0.25) is 0 Å². The first kappa shape index (κ1) is 22.3. The van der Waals surface area contributed by atoms with Crippen molar-refractivity contribution in [2.45, 2.75) is 38.2 Å². The van der Waals surface area contributed by atoms with E-state index in [0.29, 0.717) is 23.5 Å². The Balaban J connectivity index is 1.68. The number of anilines is 2. The summed E-state index contributed by atoms with van der Waals surface area (Å²) in [7, 11) is -3.76. The second kappa shape index (κ2) is 9.61. The van der Waals surface area contributed by atoms with Crippen LogP contribution in [-0.2, 0) is 14.8 Å². The van der Waals surface area contributed by atoms with Crippen molar-refractivity contribution >= 4 is 27.3 Å². The van der Waals surface area contributed by atoms with Crippen molar-refractivity contribution in [2.75, 3.05) is 10.0 Å². The maximum Gasteiger partial charge on any atom is 0.265 e. The van der Waals surface area contributed by atoms with Gasteiger partial charge in [0.25, 0.3) is 15.9 Å². The minimum atomic E-state index is -3.76. The molecule has 0 radical (unpaired) electrons. The highest BCUT2D eigenvalue weighted by atomic mass is 32.2. The number of aromatic nitrogens is 1. The number of carbonyl (C=O) groups is 1. The van der Waals surface area contributed by atoms with Gasteiger partial charge in [0.1, 0.15) is 5.75 Å². The summed E-state index contributed by atoms with van der Waals surface area (Å²) in [6.07, 6.45) is 2.80. The lowest BCUT2D eigenvalue weighted by molar-refractivity contribution is -0.122. The molecule has 2 aromatic carbocycles. The number of carbonyl (C=O) groups excluding carboxylic acids is 1. The molecule has 31 heavy (non-hydrogen) atoms. The summed E-state index contributed by atoms with van der Waals surface area (Å²) in [6, 6.07) is 15.0. The first-order valence-electron chi connectivity index (χ1n) is 9.86. The van der Waals surface area contributed by atoms with Crippen molar-refractivity contribution in [2.24, 2.45) is 0 Å². The Morgan fingerprint density at radius 3 is 2.45 bits per heavy atom. The zero-order chi connectivity index (χ0) is 22.4. The third-order valence-corrected chi connectivity index (χ3v) is 6.02. The van der Waals surface area contributed by atoms with Crippen LogP contribution in [0.3, 0.4) is 0 Å². The fraction of sp³-hybridized carbons (Fsp3) is 0.217. The van der Waals surface area contributed by atoms with Crippen LogP contribution in [0.2, 0.25) is 0 Å². The number of rotatable bonds is 8. The molecule has 2 N–H and O–H groups in total. The van der Waals surface area contributed by atoms with Crippen LogP contribution in [0, 0.1) is 13.8 Å². The monoisotopic (exact) mass is 439 g/mol.